The molecule has 2 rings (SSSR count). The molecule has 90 valence electrons. The highest BCUT2D eigenvalue weighted by atomic mass is 16.5. The Hall–Kier alpha value is -1.03. The zero-order valence-corrected chi connectivity index (χ0v) is 10.3. The number of hydrogen-bond acceptors (Lipinski definition) is 3. The lowest BCUT2D eigenvalue weighted by Gasteiger charge is -2.23. The quantitative estimate of drug-likeness (QED) is 0.852. The smallest absolute Gasteiger partial charge is 0.203 e. The highest BCUT2D eigenvalue weighted by Crippen LogP contribution is 2.26. The number of hydrogen-bond donors (Lipinski definition) is 1. The van der Waals surface area contributed by atoms with Crippen molar-refractivity contribution in [1.82, 2.24) is 9.55 Å². The van der Waals surface area contributed by atoms with Gasteiger partial charge in [0.05, 0.1) is 12.1 Å². The van der Waals surface area contributed by atoms with E-state index in [4.69, 9.17) is 4.74 Å². The van der Waals surface area contributed by atoms with E-state index < -0.39 is 0 Å². The summed E-state index contributed by atoms with van der Waals surface area (Å²) in [5.41, 5.74) is 0. The van der Waals surface area contributed by atoms with E-state index in [1.807, 2.05) is 12.4 Å². The predicted octanol–water partition coefficient (Wildman–Crippen LogP) is 2.44. The fourth-order valence-electron chi connectivity index (χ4n) is 2.17. The van der Waals surface area contributed by atoms with E-state index in [0.717, 1.165) is 19.0 Å². The summed E-state index contributed by atoms with van der Waals surface area (Å²) in [7, 11) is 0. The SMILES string of the molecule is CC(C)Nc1nccn1C(C)C1CCCO1. The lowest BCUT2D eigenvalue weighted by molar-refractivity contribution is 0.0738. The first-order valence-corrected chi connectivity index (χ1v) is 6.09. The summed E-state index contributed by atoms with van der Waals surface area (Å²) >= 11 is 0. The molecule has 1 aliphatic heterocycles. The summed E-state index contributed by atoms with van der Waals surface area (Å²) in [6.45, 7) is 7.34. The van der Waals surface area contributed by atoms with Crippen LogP contribution in [-0.4, -0.2) is 28.3 Å². The fraction of sp³-hybridized carbons (Fsp3) is 0.750. The minimum Gasteiger partial charge on any atom is -0.376 e. The first-order valence-electron chi connectivity index (χ1n) is 6.09. The van der Waals surface area contributed by atoms with Crippen molar-refractivity contribution in [3.63, 3.8) is 0 Å². The maximum Gasteiger partial charge on any atom is 0.203 e. The van der Waals surface area contributed by atoms with Crippen LogP contribution < -0.4 is 5.32 Å². The summed E-state index contributed by atoms with van der Waals surface area (Å²) in [6.07, 6.45) is 6.53. The molecule has 0 aromatic carbocycles. The van der Waals surface area contributed by atoms with Gasteiger partial charge in [0.15, 0.2) is 0 Å². The summed E-state index contributed by atoms with van der Waals surface area (Å²) in [4.78, 5) is 4.35. The first kappa shape index (κ1) is 11.5. The van der Waals surface area contributed by atoms with Crippen LogP contribution in [0.2, 0.25) is 0 Å². The lowest BCUT2D eigenvalue weighted by Crippen LogP contribution is -2.23. The van der Waals surface area contributed by atoms with Crippen molar-refractivity contribution >= 4 is 5.95 Å². The second kappa shape index (κ2) is 4.87. The normalized spacial score (nSPS) is 22.6. The standard InChI is InChI=1S/C12H21N3O/c1-9(2)14-12-13-6-7-15(12)10(3)11-5-4-8-16-11/h6-7,9-11H,4-5,8H2,1-3H3,(H,13,14). The Kier molecular flexibility index (Phi) is 3.49. The molecule has 0 saturated carbocycles. The van der Waals surface area contributed by atoms with E-state index in [1.54, 1.807) is 0 Å². The number of ether oxygens (including phenoxy) is 1. The molecule has 16 heavy (non-hydrogen) atoms. The highest BCUT2D eigenvalue weighted by molar-refractivity contribution is 5.27. The topological polar surface area (TPSA) is 39.1 Å². The molecule has 1 aromatic rings. The third kappa shape index (κ3) is 2.38. The van der Waals surface area contributed by atoms with Crippen molar-refractivity contribution in [3.05, 3.63) is 12.4 Å². The van der Waals surface area contributed by atoms with Gasteiger partial charge in [-0.05, 0) is 33.6 Å². The van der Waals surface area contributed by atoms with Crippen molar-refractivity contribution in [2.45, 2.75) is 51.8 Å². The number of aromatic nitrogens is 2. The molecule has 0 aliphatic carbocycles. The maximum absolute atomic E-state index is 5.72. The average Bonchev–Trinajstić information content (AvgIpc) is 2.84. The Balaban J connectivity index is 2.09. The Bertz CT molecular complexity index is 329. The van der Waals surface area contributed by atoms with E-state index in [0.29, 0.717) is 18.2 Å². The van der Waals surface area contributed by atoms with E-state index in [1.165, 1.54) is 6.42 Å². The van der Waals surface area contributed by atoms with Crippen LogP contribution in [-0.2, 0) is 4.74 Å². The molecule has 1 saturated heterocycles. The van der Waals surface area contributed by atoms with Gasteiger partial charge in [0.1, 0.15) is 0 Å². The molecular weight excluding hydrogens is 202 g/mol. The summed E-state index contributed by atoms with van der Waals surface area (Å²) in [6, 6.07) is 0.754. The number of imidazole rings is 1. The van der Waals surface area contributed by atoms with Crippen molar-refractivity contribution in [3.8, 4) is 0 Å². The monoisotopic (exact) mass is 223 g/mol. The Morgan fingerprint density at radius 2 is 2.31 bits per heavy atom. The summed E-state index contributed by atoms with van der Waals surface area (Å²) in [5, 5.41) is 3.35. The molecule has 2 unspecified atom stereocenters. The van der Waals surface area contributed by atoms with Crippen LogP contribution in [0.4, 0.5) is 5.95 Å². The molecule has 0 amide bonds. The summed E-state index contributed by atoms with van der Waals surface area (Å²) < 4.78 is 7.90. The maximum atomic E-state index is 5.72. The van der Waals surface area contributed by atoms with Crippen LogP contribution in [0.3, 0.4) is 0 Å². The average molecular weight is 223 g/mol. The van der Waals surface area contributed by atoms with Gasteiger partial charge in [0.2, 0.25) is 5.95 Å². The molecule has 0 spiro atoms. The molecule has 0 radical (unpaired) electrons. The van der Waals surface area contributed by atoms with E-state index in [9.17, 15) is 0 Å². The second-order valence-electron chi connectivity index (χ2n) is 4.75. The third-order valence-corrected chi connectivity index (χ3v) is 3.03. The third-order valence-electron chi connectivity index (χ3n) is 3.03. The Morgan fingerprint density at radius 1 is 1.50 bits per heavy atom. The number of nitrogens with zero attached hydrogens (tertiary/aromatic N) is 2. The molecule has 2 atom stereocenters. The molecular formula is C12H21N3O. The zero-order valence-electron chi connectivity index (χ0n) is 10.3. The van der Waals surface area contributed by atoms with Gasteiger partial charge in [0.25, 0.3) is 0 Å². The van der Waals surface area contributed by atoms with Gasteiger partial charge >= 0.3 is 0 Å². The van der Waals surface area contributed by atoms with Crippen LogP contribution in [0.1, 0.15) is 39.7 Å². The Labute approximate surface area is 97.0 Å². The van der Waals surface area contributed by atoms with Crippen LogP contribution in [0.25, 0.3) is 0 Å². The molecule has 4 heteroatoms. The van der Waals surface area contributed by atoms with Crippen molar-refractivity contribution in [2.24, 2.45) is 0 Å². The molecule has 0 bridgehead atoms. The highest BCUT2D eigenvalue weighted by Gasteiger charge is 2.25. The minimum absolute atomic E-state index is 0.335. The van der Waals surface area contributed by atoms with Gasteiger partial charge in [0, 0.05) is 25.0 Å². The number of rotatable bonds is 4. The fourth-order valence-corrected chi connectivity index (χ4v) is 2.17. The lowest BCUT2D eigenvalue weighted by atomic mass is 10.1. The molecule has 1 N–H and O–H groups in total. The van der Waals surface area contributed by atoms with Gasteiger partial charge in [-0.2, -0.15) is 0 Å². The van der Waals surface area contributed by atoms with Gasteiger partial charge < -0.3 is 14.6 Å². The van der Waals surface area contributed by atoms with Crippen LogP contribution in [0.5, 0.6) is 0 Å². The molecule has 1 aliphatic rings. The van der Waals surface area contributed by atoms with Crippen molar-refractivity contribution < 1.29 is 4.74 Å². The Morgan fingerprint density at radius 3 is 2.94 bits per heavy atom. The van der Waals surface area contributed by atoms with E-state index >= 15 is 0 Å². The zero-order chi connectivity index (χ0) is 11.5. The minimum atomic E-state index is 0.335. The largest absolute Gasteiger partial charge is 0.376 e. The molecule has 1 aromatic heterocycles. The molecule has 1 fully saturated rings. The number of nitrogens with one attached hydrogen (secondary N) is 1. The second-order valence-corrected chi connectivity index (χ2v) is 4.75. The van der Waals surface area contributed by atoms with Gasteiger partial charge in [-0.3, -0.25) is 0 Å². The van der Waals surface area contributed by atoms with Gasteiger partial charge in [-0.15, -0.1) is 0 Å². The van der Waals surface area contributed by atoms with Crippen LogP contribution >= 0.6 is 0 Å². The van der Waals surface area contributed by atoms with Gasteiger partial charge in [-0.25, -0.2) is 4.98 Å². The molecule has 2 heterocycles. The number of anilines is 1. The van der Waals surface area contributed by atoms with Crippen molar-refractivity contribution in [1.29, 1.82) is 0 Å². The summed E-state index contributed by atoms with van der Waals surface area (Å²) in [5.74, 6) is 0.943. The van der Waals surface area contributed by atoms with Gasteiger partial charge in [-0.1, -0.05) is 0 Å². The predicted molar refractivity (Wildman–Crippen MR) is 64.7 cm³/mol. The van der Waals surface area contributed by atoms with E-state index in [2.05, 4.69) is 35.6 Å². The molecule has 4 nitrogen and oxygen atoms in total. The van der Waals surface area contributed by atoms with Crippen LogP contribution in [0.15, 0.2) is 12.4 Å². The van der Waals surface area contributed by atoms with Crippen molar-refractivity contribution in [2.75, 3.05) is 11.9 Å². The first-order chi connectivity index (χ1) is 7.68. The van der Waals surface area contributed by atoms with E-state index in [-0.39, 0.29) is 0 Å². The van der Waals surface area contributed by atoms with Crippen LogP contribution in [0, 0.1) is 0 Å².